The van der Waals surface area contributed by atoms with E-state index in [0.29, 0.717) is 0 Å². The average molecular weight is 397 g/mol. The third-order valence-corrected chi connectivity index (χ3v) is 4.78. The van der Waals surface area contributed by atoms with Crippen molar-refractivity contribution in [1.82, 2.24) is 19.1 Å². The number of nitrogens with zero attached hydrogens (tertiary/aromatic N) is 4. The molecule has 0 amide bonds. The van der Waals surface area contributed by atoms with Crippen LogP contribution in [0.3, 0.4) is 0 Å². The van der Waals surface area contributed by atoms with Crippen LogP contribution in [-0.4, -0.2) is 19.1 Å². The van der Waals surface area contributed by atoms with Gasteiger partial charge in [-0.15, -0.1) is 0 Å². The first kappa shape index (κ1) is 18.1. The number of hydrogen-bond donors (Lipinski definition) is 0. The molecule has 3 heterocycles. The topological polar surface area (TPSA) is 69.8 Å². The van der Waals surface area contributed by atoms with E-state index >= 15 is 0 Å². The Balaban J connectivity index is 1.81. The van der Waals surface area contributed by atoms with Crippen molar-refractivity contribution in [2.75, 3.05) is 0 Å². The van der Waals surface area contributed by atoms with Crippen molar-refractivity contribution in [1.29, 1.82) is 0 Å². The van der Waals surface area contributed by atoms with Crippen molar-refractivity contribution in [2.45, 2.75) is 13.1 Å². The summed E-state index contributed by atoms with van der Waals surface area (Å²) in [7, 11) is 0. The quantitative estimate of drug-likeness (QED) is 0.532. The van der Waals surface area contributed by atoms with E-state index in [-0.39, 0.29) is 35.1 Å². The Bertz CT molecular complexity index is 1220. The highest BCUT2D eigenvalue weighted by atomic mass is 35.5. The maximum Gasteiger partial charge on any atom is 0.352 e. The lowest BCUT2D eigenvalue weighted by Gasteiger charge is -2.16. The number of benzene rings is 1. The van der Waals surface area contributed by atoms with Crippen molar-refractivity contribution in [3.05, 3.63) is 104 Å². The molecule has 0 aliphatic carbocycles. The molecule has 2 aliphatic rings. The maximum absolute atomic E-state index is 14.2. The van der Waals surface area contributed by atoms with Crippen molar-refractivity contribution >= 4 is 11.6 Å². The Morgan fingerprint density at radius 1 is 1.00 bits per heavy atom. The summed E-state index contributed by atoms with van der Waals surface area (Å²) in [4.78, 5) is 33.4. The highest BCUT2D eigenvalue weighted by Crippen LogP contribution is 2.22. The Hall–Kier alpha value is -3.32. The van der Waals surface area contributed by atoms with Crippen LogP contribution in [0.25, 0.3) is 11.4 Å². The predicted molar refractivity (Wildman–Crippen MR) is 103 cm³/mol. The zero-order valence-corrected chi connectivity index (χ0v) is 15.3. The van der Waals surface area contributed by atoms with E-state index in [1.807, 2.05) is 0 Å². The van der Waals surface area contributed by atoms with Crippen LogP contribution >= 0.6 is 11.6 Å². The lowest BCUT2D eigenvalue weighted by atomic mass is 10.1. The minimum Gasteiger partial charge on any atom is -0.328 e. The normalized spacial score (nSPS) is 11.1. The predicted octanol–water partition coefficient (Wildman–Crippen LogP) is 2.79. The molecule has 0 fully saturated rings. The van der Waals surface area contributed by atoms with Gasteiger partial charge in [-0.3, -0.25) is 14.3 Å². The van der Waals surface area contributed by atoms with E-state index in [0.717, 1.165) is 10.1 Å². The molecule has 8 heteroatoms. The second-order valence-electron chi connectivity index (χ2n) is 6.21. The summed E-state index contributed by atoms with van der Waals surface area (Å²) in [5.74, 6) is -0.284. The van der Waals surface area contributed by atoms with Crippen LogP contribution in [0, 0.1) is 5.82 Å². The number of rotatable bonds is 4. The molecule has 140 valence electrons. The molecule has 2 aromatic rings. The number of fused-ring (bicyclic) bond motifs is 1. The van der Waals surface area contributed by atoms with Gasteiger partial charge in [0.1, 0.15) is 5.82 Å². The minimum absolute atomic E-state index is 0.0447. The van der Waals surface area contributed by atoms with E-state index in [1.165, 1.54) is 12.1 Å². The first-order valence-electron chi connectivity index (χ1n) is 8.46. The van der Waals surface area contributed by atoms with E-state index in [9.17, 15) is 14.0 Å². The Morgan fingerprint density at radius 2 is 1.79 bits per heavy atom. The van der Waals surface area contributed by atoms with Crippen molar-refractivity contribution in [3.63, 3.8) is 0 Å². The summed E-state index contributed by atoms with van der Waals surface area (Å²) in [6, 6.07) is 11.1. The van der Waals surface area contributed by atoms with Gasteiger partial charge >= 0.3 is 5.69 Å². The standard InChI is InChI=1S/C20H14ClFN4O2/c21-16-4-1-5-17(22)15(16)12-25-10-2-3-14-18(25)24-20(28)26(19(14)27)11-13-6-8-23-9-7-13/h1-10H,11-12H2. The molecule has 0 bridgehead atoms. The second-order valence-corrected chi connectivity index (χ2v) is 6.62. The molecule has 0 N–H and O–H groups in total. The fourth-order valence-electron chi connectivity index (χ4n) is 3.01. The lowest BCUT2D eigenvalue weighted by Crippen LogP contribution is -2.38. The monoisotopic (exact) mass is 396 g/mol. The van der Waals surface area contributed by atoms with Crippen LogP contribution in [0.4, 0.5) is 4.39 Å². The van der Waals surface area contributed by atoms with Gasteiger partial charge in [-0.25, -0.2) is 9.18 Å². The number of hydrogen-bond acceptors (Lipinski definition) is 4. The van der Waals surface area contributed by atoms with Crippen LogP contribution in [0.1, 0.15) is 11.1 Å². The number of pyridine rings is 2. The summed E-state index contributed by atoms with van der Waals surface area (Å²) in [5, 5.41) is 0.262. The molecule has 4 rings (SSSR count). The van der Waals surface area contributed by atoms with Gasteiger partial charge in [0.15, 0.2) is 5.82 Å². The molecular weight excluding hydrogens is 383 g/mol. The molecule has 0 saturated heterocycles. The van der Waals surface area contributed by atoms with Gasteiger partial charge in [0.25, 0.3) is 5.56 Å². The second kappa shape index (κ2) is 7.36. The van der Waals surface area contributed by atoms with Gasteiger partial charge in [-0.05, 0) is 42.0 Å². The summed E-state index contributed by atoms with van der Waals surface area (Å²) in [5.41, 5.74) is 0.160. The van der Waals surface area contributed by atoms with Crippen LogP contribution < -0.4 is 11.2 Å². The van der Waals surface area contributed by atoms with Gasteiger partial charge in [-0.2, -0.15) is 4.98 Å². The molecule has 28 heavy (non-hydrogen) atoms. The smallest absolute Gasteiger partial charge is 0.328 e. The molecule has 1 aromatic carbocycles. The fraction of sp³-hybridized carbons (Fsp3) is 0.100. The van der Waals surface area contributed by atoms with E-state index in [1.54, 1.807) is 53.5 Å². The van der Waals surface area contributed by atoms with Crippen molar-refractivity contribution in [2.24, 2.45) is 0 Å². The SMILES string of the molecule is O=c1nc2n(Cc3c(F)cccc3Cl)cccc-2c(=O)n1Cc1ccncc1. The summed E-state index contributed by atoms with van der Waals surface area (Å²) < 4.78 is 16.8. The van der Waals surface area contributed by atoms with Crippen molar-refractivity contribution < 1.29 is 4.39 Å². The Morgan fingerprint density at radius 3 is 2.54 bits per heavy atom. The molecule has 2 aliphatic heterocycles. The van der Waals surface area contributed by atoms with E-state index in [2.05, 4.69) is 9.97 Å². The first-order chi connectivity index (χ1) is 13.5. The van der Waals surface area contributed by atoms with Gasteiger partial charge in [0.05, 0.1) is 18.7 Å². The van der Waals surface area contributed by atoms with Crippen LogP contribution in [0.5, 0.6) is 0 Å². The molecule has 1 aromatic heterocycles. The van der Waals surface area contributed by atoms with Crippen LogP contribution in [0.15, 0.2) is 70.6 Å². The molecule has 6 nitrogen and oxygen atoms in total. The third-order valence-electron chi connectivity index (χ3n) is 4.43. The van der Waals surface area contributed by atoms with Gasteiger partial charge in [-0.1, -0.05) is 17.7 Å². The van der Waals surface area contributed by atoms with E-state index < -0.39 is 17.1 Å². The summed E-state index contributed by atoms with van der Waals surface area (Å²) >= 11 is 6.10. The molecule has 0 unspecified atom stereocenters. The maximum atomic E-state index is 14.2. The van der Waals surface area contributed by atoms with E-state index in [4.69, 9.17) is 11.6 Å². The lowest BCUT2D eigenvalue weighted by molar-refractivity contribution is 0.597. The number of halogens is 2. The number of aromatic nitrogens is 4. The molecule has 0 atom stereocenters. The van der Waals surface area contributed by atoms with Crippen LogP contribution in [-0.2, 0) is 13.1 Å². The Labute approximate surface area is 163 Å². The highest BCUT2D eigenvalue weighted by Gasteiger charge is 2.18. The molecule has 0 radical (unpaired) electrons. The summed E-state index contributed by atoms with van der Waals surface area (Å²) in [6.45, 7) is 0.139. The van der Waals surface area contributed by atoms with Crippen molar-refractivity contribution in [3.8, 4) is 11.4 Å². The van der Waals surface area contributed by atoms with Gasteiger partial charge in [0, 0.05) is 29.2 Å². The highest BCUT2D eigenvalue weighted by molar-refractivity contribution is 6.31. The van der Waals surface area contributed by atoms with Gasteiger partial charge in [0.2, 0.25) is 0 Å². The summed E-state index contributed by atoms with van der Waals surface area (Å²) in [6.07, 6.45) is 4.81. The molecule has 0 saturated carbocycles. The largest absolute Gasteiger partial charge is 0.352 e. The fourth-order valence-corrected chi connectivity index (χ4v) is 3.23. The average Bonchev–Trinajstić information content (AvgIpc) is 2.69. The molecular formula is C20H14ClFN4O2. The van der Waals surface area contributed by atoms with Gasteiger partial charge < -0.3 is 4.57 Å². The first-order valence-corrected chi connectivity index (χ1v) is 8.84. The van der Waals surface area contributed by atoms with Crippen LogP contribution in [0.2, 0.25) is 5.02 Å². The Kier molecular flexibility index (Phi) is 4.75. The zero-order valence-electron chi connectivity index (χ0n) is 14.5. The minimum atomic E-state index is -0.672. The third kappa shape index (κ3) is 3.32. The zero-order chi connectivity index (χ0) is 19.7. The molecule has 0 spiro atoms.